The highest BCUT2D eigenvalue weighted by Gasteiger charge is 2.13. The monoisotopic (exact) mass is 360 g/mol. The Bertz CT molecular complexity index is 824. The summed E-state index contributed by atoms with van der Waals surface area (Å²) in [6.07, 6.45) is 0. The van der Waals surface area contributed by atoms with E-state index in [2.05, 4.69) is 15.9 Å². The van der Waals surface area contributed by atoms with Crippen LogP contribution in [0.3, 0.4) is 0 Å². The van der Waals surface area contributed by atoms with Gasteiger partial charge in [-0.15, -0.1) is 0 Å². The van der Waals surface area contributed by atoms with Crippen LogP contribution in [0.25, 0.3) is 22.6 Å². The molecule has 0 saturated heterocycles. The van der Waals surface area contributed by atoms with E-state index in [0.29, 0.717) is 11.5 Å². The molecular weight excluding hydrogens is 352 g/mol. The average molecular weight is 362 g/mol. The molecule has 2 aromatic carbocycles. The molecule has 0 radical (unpaired) electrons. The van der Waals surface area contributed by atoms with Crippen LogP contribution in [-0.2, 0) is 0 Å². The first-order valence-corrected chi connectivity index (χ1v) is 7.47. The lowest BCUT2D eigenvalue weighted by Gasteiger charge is -2.07. The van der Waals surface area contributed by atoms with E-state index in [0.717, 1.165) is 15.6 Å². The van der Waals surface area contributed by atoms with Crippen LogP contribution in [0.1, 0.15) is 0 Å². The molecule has 2 nitrogen and oxygen atoms in total. The lowest BCUT2D eigenvalue weighted by Crippen LogP contribution is -2.02. The van der Waals surface area contributed by atoms with Crippen molar-refractivity contribution in [2.45, 2.75) is 0 Å². The van der Waals surface area contributed by atoms with Gasteiger partial charge in [-0.1, -0.05) is 70.0 Å². The first kappa shape index (κ1) is 14.1. The second kappa shape index (κ2) is 5.88. The number of halogens is 2. The predicted octanol–water partition coefficient (Wildman–Crippen LogP) is 5.39. The lowest BCUT2D eigenvalue weighted by molar-refractivity contribution is 0.580. The van der Waals surface area contributed by atoms with Gasteiger partial charge in [0, 0.05) is 21.7 Å². The molecule has 0 aliphatic rings. The zero-order valence-electron chi connectivity index (χ0n) is 10.8. The fourth-order valence-electron chi connectivity index (χ4n) is 2.01. The Morgan fingerprint density at radius 1 is 0.905 bits per heavy atom. The summed E-state index contributed by atoms with van der Waals surface area (Å²) in [7, 11) is 0. The van der Waals surface area contributed by atoms with E-state index in [1.54, 1.807) is 0 Å². The summed E-state index contributed by atoms with van der Waals surface area (Å²) in [6.45, 7) is 0. The number of hydrogen-bond acceptors (Lipinski definition) is 2. The van der Waals surface area contributed by atoms with Crippen molar-refractivity contribution < 1.29 is 4.42 Å². The molecule has 3 aromatic rings. The number of hydrogen-bond donors (Lipinski definition) is 0. The third kappa shape index (κ3) is 2.94. The molecule has 0 fully saturated rings. The third-order valence-corrected chi connectivity index (χ3v) is 3.94. The molecule has 0 atom stereocenters. The fraction of sp³-hybridized carbons (Fsp3) is 0. The van der Waals surface area contributed by atoms with E-state index < -0.39 is 0 Å². The topological polar surface area (TPSA) is 30.2 Å². The van der Waals surface area contributed by atoms with Crippen molar-refractivity contribution in [3.05, 3.63) is 80.4 Å². The largest absolute Gasteiger partial charge is 0.454 e. The highest BCUT2D eigenvalue weighted by molar-refractivity contribution is 9.10. The van der Waals surface area contributed by atoms with Crippen molar-refractivity contribution in [3.63, 3.8) is 0 Å². The van der Waals surface area contributed by atoms with Crippen LogP contribution in [0.2, 0.25) is 5.02 Å². The van der Waals surface area contributed by atoms with E-state index in [4.69, 9.17) is 16.0 Å². The molecule has 0 N–H and O–H groups in total. The summed E-state index contributed by atoms with van der Waals surface area (Å²) in [5.74, 6) is 0.887. The van der Waals surface area contributed by atoms with Gasteiger partial charge in [0.2, 0.25) is 5.43 Å². The standard InChI is InChI=1S/C17H10BrClO2/c18-13-8-6-12(7-9-13)17-16(19)14(20)10-15(21-17)11-4-2-1-3-5-11/h1-10H. The van der Waals surface area contributed by atoms with Gasteiger partial charge in [0.05, 0.1) is 0 Å². The van der Waals surface area contributed by atoms with Gasteiger partial charge in [0.25, 0.3) is 0 Å². The number of rotatable bonds is 2. The van der Waals surface area contributed by atoms with Gasteiger partial charge < -0.3 is 4.42 Å². The smallest absolute Gasteiger partial charge is 0.204 e. The first-order chi connectivity index (χ1) is 10.1. The van der Waals surface area contributed by atoms with Crippen molar-refractivity contribution in [1.29, 1.82) is 0 Å². The molecule has 4 heteroatoms. The van der Waals surface area contributed by atoms with E-state index in [1.165, 1.54) is 6.07 Å². The molecule has 104 valence electrons. The van der Waals surface area contributed by atoms with Crippen molar-refractivity contribution >= 4 is 27.5 Å². The molecule has 0 amide bonds. The Hall–Kier alpha value is -1.84. The predicted molar refractivity (Wildman–Crippen MR) is 88.6 cm³/mol. The normalized spacial score (nSPS) is 10.6. The molecule has 0 aliphatic heterocycles. The minimum absolute atomic E-state index is 0.0944. The molecule has 0 unspecified atom stereocenters. The molecule has 3 rings (SSSR count). The summed E-state index contributed by atoms with van der Waals surface area (Å²) in [4.78, 5) is 12.1. The maximum absolute atomic E-state index is 12.1. The summed E-state index contributed by atoms with van der Waals surface area (Å²) < 4.78 is 6.80. The minimum Gasteiger partial charge on any atom is -0.454 e. The van der Waals surface area contributed by atoms with E-state index in [9.17, 15) is 4.79 Å². The summed E-state index contributed by atoms with van der Waals surface area (Å²) in [5.41, 5.74) is 1.35. The minimum atomic E-state index is -0.250. The average Bonchev–Trinajstić information content (AvgIpc) is 2.52. The van der Waals surface area contributed by atoms with Crippen LogP contribution in [0, 0.1) is 0 Å². The maximum atomic E-state index is 12.1. The molecule has 1 heterocycles. The van der Waals surface area contributed by atoms with Crippen molar-refractivity contribution in [2.75, 3.05) is 0 Å². The second-order valence-electron chi connectivity index (χ2n) is 4.49. The van der Waals surface area contributed by atoms with Crippen LogP contribution in [0.15, 0.2) is 74.3 Å². The van der Waals surface area contributed by atoms with Crippen molar-refractivity contribution in [3.8, 4) is 22.6 Å². The fourth-order valence-corrected chi connectivity index (χ4v) is 2.48. The van der Waals surface area contributed by atoms with Crippen molar-refractivity contribution in [2.24, 2.45) is 0 Å². The van der Waals surface area contributed by atoms with Gasteiger partial charge in [-0.25, -0.2) is 0 Å². The van der Waals surface area contributed by atoms with Gasteiger partial charge in [0.1, 0.15) is 10.8 Å². The van der Waals surface area contributed by atoms with Gasteiger partial charge >= 0.3 is 0 Å². The molecule has 21 heavy (non-hydrogen) atoms. The van der Waals surface area contributed by atoms with Crippen LogP contribution in [-0.4, -0.2) is 0 Å². The molecule has 0 saturated carbocycles. The molecular formula is C17H10BrClO2. The Labute approximate surface area is 135 Å². The van der Waals surface area contributed by atoms with Crippen LogP contribution < -0.4 is 5.43 Å². The lowest BCUT2D eigenvalue weighted by atomic mass is 10.1. The van der Waals surface area contributed by atoms with Crippen LogP contribution in [0.5, 0.6) is 0 Å². The molecule has 0 aliphatic carbocycles. The van der Waals surface area contributed by atoms with Gasteiger partial charge in [0.15, 0.2) is 5.76 Å². The first-order valence-electron chi connectivity index (χ1n) is 6.30. The molecule has 0 spiro atoms. The highest BCUT2D eigenvalue weighted by Crippen LogP contribution is 2.30. The SMILES string of the molecule is O=c1cc(-c2ccccc2)oc(-c2ccc(Br)cc2)c1Cl. The van der Waals surface area contributed by atoms with Crippen molar-refractivity contribution in [1.82, 2.24) is 0 Å². The number of benzene rings is 2. The second-order valence-corrected chi connectivity index (χ2v) is 5.78. The van der Waals surface area contributed by atoms with E-state index >= 15 is 0 Å². The van der Waals surface area contributed by atoms with E-state index in [1.807, 2.05) is 54.6 Å². The Balaban J connectivity index is 2.19. The summed E-state index contributed by atoms with van der Waals surface area (Å²) in [6, 6.07) is 18.3. The Kier molecular flexibility index (Phi) is 3.95. The Morgan fingerprint density at radius 2 is 1.57 bits per heavy atom. The molecule has 1 aromatic heterocycles. The van der Waals surface area contributed by atoms with Crippen LogP contribution in [0.4, 0.5) is 0 Å². The summed E-state index contributed by atoms with van der Waals surface area (Å²) >= 11 is 9.49. The quantitative estimate of drug-likeness (QED) is 0.612. The van der Waals surface area contributed by atoms with Crippen LogP contribution >= 0.6 is 27.5 Å². The van der Waals surface area contributed by atoms with Gasteiger partial charge in [-0.3, -0.25) is 4.79 Å². The highest BCUT2D eigenvalue weighted by atomic mass is 79.9. The van der Waals surface area contributed by atoms with E-state index in [-0.39, 0.29) is 10.5 Å². The zero-order valence-corrected chi connectivity index (χ0v) is 13.2. The van der Waals surface area contributed by atoms with Gasteiger partial charge in [-0.05, 0) is 12.1 Å². The maximum Gasteiger partial charge on any atom is 0.204 e. The van der Waals surface area contributed by atoms with Gasteiger partial charge in [-0.2, -0.15) is 0 Å². The summed E-state index contributed by atoms with van der Waals surface area (Å²) in [5, 5.41) is 0.0944. The third-order valence-electron chi connectivity index (χ3n) is 3.05. The zero-order chi connectivity index (χ0) is 14.8. The Morgan fingerprint density at radius 3 is 2.24 bits per heavy atom. The molecule has 0 bridgehead atoms.